The first kappa shape index (κ1) is 19.4. The third-order valence-corrected chi connectivity index (χ3v) is 4.73. The van der Waals surface area contributed by atoms with Gasteiger partial charge in [0.1, 0.15) is 0 Å². The van der Waals surface area contributed by atoms with Gasteiger partial charge in [-0.05, 0) is 57.6 Å². The lowest BCUT2D eigenvalue weighted by Crippen LogP contribution is -2.31. The van der Waals surface area contributed by atoms with Crippen LogP contribution in [0.5, 0.6) is 0 Å². The van der Waals surface area contributed by atoms with Crippen molar-refractivity contribution >= 4 is 11.8 Å². The quantitative estimate of drug-likeness (QED) is 0.712. The van der Waals surface area contributed by atoms with Crippen molar-refractivity contribution < 1.29 is 9.59 Å². The number of benzene rings is 1. The zero-order valence-electron chi connectivity index (χ0n) is 15.5. The van der Waals surface area contributed by atoms with Crippen molar-refractivity contribution in [2.24, 2.45) is 5.92 Å². The first-order valence-corrected chi connectivity index (χ1v) is 9.36. The Morgan fingerprint density at radius 2 is 1.72 bits per heavy atom. The Kier molecular flexibility index (Phi) is 7.92. The summed E-state index contributed by atoms with van der Waals surface area (Å²) in [5.74, 6) is 0.305. The molecule has 0 unspecified atom stereocenters. The second-order valence-corrected chi connectivity index (χ2v) is 7.16. The van der Waals surface area contributed by atoms with Gasteiger partial charge in [-0.1, -0.05) is 31.4 Å². The number of hydrogen-bond donors (Lipinski definition) is 2. The van der Waals surface area contributed by atoms with Gasteiger partial charge in [0.25, 0.3) is 5.91 Å². The number of nitrogens with zero attached hydrogens (tertiary/aromatic N) is 1. The van der Waals surface area contributed by atoms with Crippen molar-refractivity contribution in [1.82, 2.24) is 15.5 Å². The zero-order chi connectivity index (χ0) is 18.1. The van der Waals surface area contributed by atoms with Crippen LogP contribution in [0.25, 0.3) is 0 Å². The summed E-state index contributed by atoms with van der Waals surface area (Å²) in [6.45, 7) is 2.16. The summed E-state index contributed by atoms with van der Waals surface area (Å²) in [7, 11) is 4.04. The molecule has 1 aliphatic carbocycles. The molecule has 138 valence electrons. The number of rotatable bonds is 8. The van der Waals surface area contributed by atoms with Gasteiger partial charge < -0.3 is 15.5 Å². The summed E-state index contributed by atoms with van der Waals surface area (Å²) in [6, 6.07) is 7.47. The van der Waals surface area contributed by atoms with Gasteiger partial charge >= 0.3 is 0 Å². The van der Waals surface area contributed by atoms with Crippen LogP contribution in [0.4, 0.5) is 0 Å². The van der Waals surface area contributed by atoms with Crippen molar-refractivity contribution in [1.29, 1.82) is 0 Å². The fourth-order valence-corrected chi connectivity index (χ4v) is 3.17. The normalized spacial score (nSPS) is 15.2. The molecule has 0 bridgehead atoms. The van der Waals surface area contributed by atoms with E-state index >= 15 is 0 Å². The molecule has 5 nitrogen and oxygen atoms in total. The highest BCUT2D eigenvalue weighted by atomic mass is 16.2. The predicted molar refractivity (Wildman–Crippen MR) is 100 cm³/mol. The molecular weight excluding hydrogens is 314 g/mol. The van der Waals surface area contributed by atoms with Crippen molar-refractivity contribution in [2.45, 2.75) is 45.1 Å². The maximum absolute atomic E-state index is 12.2. The monoisotopic (exact) mass is 345 g/mol. The Hall–Kier alpha value is -1.88. The van der Waals surface area contributed by atoms with E-state index in [1.165, 1.54) is 6.42 Å². The van der Waals surface area contributed by atoms with Gasteiger partial charge in [-0.25, -0.2) is 0 Å². The Labute approximate surface area is 151 Å². The minimum Gasteiger partial charge on any atom is -0.352 e. The summed E-state index contributed by atoms with van der Waals surface area (Å²) >= 11 is 0. The van der Waals surface area contributed by atoms with Gasteiger partial charge in [-0.3, -0.25) is 9.59 Å². The third-order valence-electron chi connectivity index (χ3n) is 4.73. The average molecular weight is 345 g/mol. The molecule has 5 heteroatoms. The fourth-order valence-electron chi connectivity index (χ4n) is 3.17. The molecule has 0 spiro atoms. The van der Waals surface area contributed by atoms with Crippen LogP contribution in [0.15, 0.2) is 24.3 Å². The summed E-state index contributed by atoms with van der Waals surface area (Å²) in [5.41, 5.74) is 1.68. The standard InChI is InChI=1S/C20H31N3O2/c1-23(2)14-6-13-21-19(24)18-11-9-16(10-12-18)15-22-20(25)17-7-4-3-5-8-17/h9-12,17H,3-8,13-15H2,1-2H3,(H,21,24)(H,22,25). The molecule has 0 radical (unpaired) electrons. The van der Waals surface area contributed by atoms with Crippen molar-refractivity contribution in [2.75, 3.05) is 27.2 Å². The van der Waals surface area contributed by atoms with E-state index in [1.807, 2.05) is 38.4 Å². The van der Waals surface area contributed by atoms with Gasteiger partial charge in [0.15, 0.2) is 0 Å². The number of carbonyl (C=O) groups excluding carboxylic acids is 2. The van der Waals surface area contributed by atoms with Crippen LogP contribution in [0.2, 0.25) is 0 Å². The molecular formula is C20H31N3O2. The summed E-state index contributed by atoms with van der Waals surface area (Å²) in [4.78, 5) is 26.3. The maximum atomic E-state index is 12.2. The minimum absolute atomic E-state index is 0.0449. The van der Waals surface area contributed by atoms with Crippen molar-refractivity contribution in [3.05, 3.63) is 35.4 Å². The molecule has 0 aromatic heterocycles. The van der Waals surface area contributed by atoms with E-state index in [1.54, 1.807) is 0 Å². The van der Waals surface area contributed by atoms with Crippen LogP contribution < -0.4 is 10.6 Å². The van der Waals surface area contributed by atoms with Gasteiger partial charge in [-0.15, -0.1) is 0 Å². The third kappa shape index (κ3) is 6.86. The Balaban J connectivity index is 1.73. The molecule has 0 heterocycles. The SMILES string of the molecule is CN(C)CCCNC(=O)c1ccc(CNC(=O)C2CCCCC2)cc1. The molecule has 1 aliphatic rings. The van der Waals surface area contributed by atoms with Gasteiger partial charge in [0.05, 0.1) is 0 Å². The van der Waals surface area contributed by atoms with Crippen LogP contribution in [-0.4, -0.2) is 43.9 Å². The lowest BCUT2D eigenvalue weighted by atomic mass is 9.88. The van der Waals surface area contributed by atoms with Crippen molar-refractivity contribution in [3.63, 3.8) is 0 Å². The Morgan fingerprint density at radius 3 is 2.36 bits per heavy atom. The molecule has 0 aliphatic heterocycles. The van der Waals surface area contributed by atoms with Crippen LogP contribution >= 0.6 is 0 Å². The molecule has 0 atom stereocenters. The van der Waals surface area contributed by atoms with E-state index in [2.05, 4.69) is 15.5 Å². The predicted octanol–water partition coefficient (Wildman–Crippen LogP) is 2.56. The number of nitrogens with one attached hydrogen (secondary N) is 2. The highest BCUT2D eigenvalue weighted by Gasteiger charge is 2.20. The molecule has 1 aromatic rings. The molecule has 1 saturated carbocycles. The highest BCUT2D eigenvalue weighted by molar-refractivity contribution is 5.94. The molecule has 1 fully saturated rings. The number of amides is 2. The number of carbonyl (C=O) groups is 2. The van der Waals surface area contributed by atoms with E-state index in [0.717, 1.165) is 44.2 Å². The maximum Gasteiger partial charge on any atom is 0.251 e. The largest absolute Gasteiger partial charge is 0.352 e. The Bertz CT molecular complexity index is 549. The molecule has 2 N–H and O–H groups in total. The van der Waals surface area contributed by atoms with Crippen LogP contribution in [0, 0.1) is 5.92 Å². The average Bonchev–Trinajstić information content (AvgIpc) is 2.64. The van der Waals surface area contributed by atoms with Crippen molar-refractivity contribution in [3.8, 4) is 0 Å². The van der Waals surface area contributed by atoms with E-state index in [-0.39, 0.29) is 17.7 Å². The topological polar surface area (TPSA) is 61.4 Å². The second kappa shape index (κ2) is 10.2. The van der Waals surface area contributed by atoms with Crippen LogP contribution in [-0.2, 0) is 11.3 Å². The van der Waals surface area contributed by atoms with E-state index in [9.17, 15) is 9.59 Å². The molecule has 25 heavy (non-hydrogen) atoms. The van der Waals surface area contributed by atoms with Gasteiger partial charge in [0.2, 0.25) is 5.91 Å². The summed E-state index contributed by atoms with van der Waals surface area (Å²) in [5, 5.41) is 5.96. The van der Waals surface area contributed by atoms with Crippen LogP contribution in [0.1, 0.15) is 54.4 Å². The van der Waals surface area contributed by atoms with E-state index in [4.69, 9.17) is 0 Å². The smallest absolute Gasteiger partial charge is 0.251 e. The fraction of sp³-hybridized carbons (Fsp3) is 0.600. The first-order valence-electron chi connectivity index (χ1n) is 9.36. The van der Waals surface area contributed by atoms with E-state index < -0.39 is 0 Å². The summed E-state index contributed by atoms with van der Waals surface area (Å²) < 4.78 is 0. The lowest BCUT2D eigenvalue weighted by molar-refractivity contribution is -0.126. The van der Waals surface area contributed by atoms with E-state index in [0.29, 0.717) is 18.7 Å². The minimum atomic E-state index is -0.0449. The molecule has 0 saturated heterocycles. The highest BCUT2D eigenvalue weighted by Crippen LogP contribution is 2.23. The molecule has 2 rings (SSSR count). The number of hydrogen-bond acceptors (Lipinski definition) is 3. The Morgan fingerprint density at radius 1 is 1.04 bits per heavy atom. The second-order valence-electron chi connectivity index (χ2n) is 7.16. The summed E-state index contributed by atoms with van der Waals surface area (Å²) in [6.07, 6.45) is 6.54. The molecule has 1 aromatic carbocycles. The van der Waals surface area contributed by atoms with Gasteiger partial charge in [0, 0.05) is 24.6 Å². The zero-order valence-corrected chi connectivity index (χ0v) is 15.5. The van der Waals surface area contributed by atoms with Crippen LogP contribution in [0.3, 0.4) is 0 Å². The lowest BCUT2D eigenvalue weighted by Gasteiger charge is -2.20. The first-order chi connectivity index (χ1) is 12.1. The van der Waals surface area contributed by atoms with Gasteiger partial charge in [-0.2, -0.15) is 0 Å². The molecule has 2 amide bonds.